The minimum atomic E-state index is 0.167. The Labute approximate surface area is 124 Å². The van der Waals surface area contributed by atoms with Crippen LogP contribution in [0.4, 0.5) is 5.82 Å². The normalized spacial score (nSPS) is 16.9. The van der Waals surface area contributed by atoms with Gasteiger partial charge in [0.05, 0.1) is 18.8 Å². The second-order valence-corrected chi connectivity index (χ2v) is 5.09. The number of anilines is 1. The molecular formula is C16H19N3O2. The van der Waals surface area contributed by atoms with Crippen LogP contribution in [0.15, 0.2) is 36.7 Å². The van der Waals surface area contributed by atoms with Crippen molar-refractivity contribution in [1.82, 2.24) is 9.97 Å². The Balaban J connectivity index is 1.58. The van der Waals surface area contributed by atoms with Gasteiger partial charge in [0.15, 0.2) is 0 Å². The number of hydrogen-bond donors (Lipinski definition) is 1. The Morgan fingerprint density at radius 3 is 3.14 bits per heavy atom. The van der Waals surface area contributed by atoms with E-state index < -0.39 is 0 Å². The Kier molecular flexibility index (Phi) is 4.31. The summed E-state index contributed by atoms with van der Waals surface area (Å²) in [4.78, 5) is 8.36. The summed E-state index contributed by atoms with van der Waals surface area (Å²) in [7, 11) is 1.66. The molecule has 21 heavy (non-hydrogen) atoms. The van der Waals surface area contributed by atoms with Crippen molar-refractivity contribution in [2.24, 2.45) is 0 Å². The van der Waals surface area contributed by atoms with E-state index in [2.05, 4.69) is 27.4 Å². The first-order chi connectivity index (χ1) is 10.3. The monoisotopic (exact) mass is 285 g/mol. The smallest absolute Gasteiger partial charge is 0.129 e. The average Bonchev–Trinajstić information content (AvgIpc) is 2.53. The van der Waals surface area contributed by atoms with Gasteiger partial charge in [-0.05, 0) is 24.5 Å². The second-order valence-electron chi connectivity index (χ2n) is 5.09. The molecule has 0 saturated carbocycles. The van der Waals surface area contributed by atoms with E-state index in [0.29, 0.717) is 6.61 Å². The van der Waals surface area contributed by atoms with E-state index in [1.54, 1.807) is 13.4 Å². The highest BCUT2D eigenvalue weighted by atomic mass is 16.5. The SMILES string of the molecule is COCc1cc(NC[C@H]2CCc3ccccc3O2)ncn1. The first-order valence-corrected chi connectivity index (χ1v) is 7.13. The van der Waals surface area contributed by atoms with Crippen LogP contribution in [0, 0.1) is 0 Å². The number of para-hydroxylation sites is 1. The van der Waals surface area contributed by atoms with Gasteiger partial charge in [0.2, 0.25) is 0 Å². The molecule has 0 spiro atoms. The summed E-state index contributed by atoms with van der Waals surface area (Å²) in [6.07, 6.45) is 3.79. The standard InChI is InChI=1S/C16H19N3O2/c1-20-10-13-8-16(19-11-18-13)17-9-14-7-6-12-4-2-3-5-15(12)21-14/h2-5,8,11,14H,6-7,9-10H2,1H3,(H,17,18,19)/t14-/m1/s1. The third kappa shape index (κ3) is 3.49. The Bertz CT molecular complexity index is 604. The Morgan fingerprint density at radius 1 is 1.33 bits per heavy atom. The van der Waals surface area contributed by atoms with Crippen LogP contribution in [0.3, 0.4) is 0 Å². The van der Waals surface area contributed by atoms with E-state index in [1.807, 2.05) is 18.2 Å². The van der Waals surface area contributed by atoms with Crippen LogP contribution in [-0.4, -0.2) is 29.7 Å². The number of nitrogens with one attached hydrogen (secondary N) is 1. The minimum absolute atomic E-state index is 0.167. The first-order valence-electron chi connectivity index (χ1n) is 7.13. The predicted octanol–water partition coefficient (Wildman–Crippen LogP) is 2.43. The van der Waals surface area contributed by atoms with Crippen molar-refractivity contribution < 1.29 is 9.47 Å². The maximum atomic E-state index is 6.00. The highest BCUT2D eigenvalue weighted by molar-refractivity contribution is 5.37. The van der Waals surface area contributed by atoms with Gasteiger partial charge in [0, 0.05) is 13.2 Å². The lowest BCUT2D eigenvalue weighted by Crippen LogP contribution is -2.30. The molecule has 1 aliphatic heterocycles. The minimum Gasteiger partial charge on any atom is -0.488 e. The van der Waals surface area contributed by atoms with Crippen molar-refractivity contribution >= 4 is 5.82 Å². The van der Waals surface area contributed by atoms with Gasteiger partial charge >= 0.3 is 0 Å². The molecule has 2 aromatic rings. The van der Waals surface area contributed by atoms with Crippen molar-refractivity contribution in [2.45, 2.75) is 25.6 Å². The first kappa shape index (κ1) is 13.8. The number of rotatable bonds is 5. The van der Waals surface area contributed by atoms with Gasteiger partial charge in [-0.1, -0.05) is 18.2 Å². The Morgan fingerprint density at radius 2 is 2.24 bits per heavy atom. The molecule has 1 atom stereocenters. The van der Waals surface area contributed by atoms with E-state index in [-0.39, 0.29) is 6.10 Å². The molecule has 0 saturated heterocycles. The largest absolute Gasteiger partial charge is 0.488 e. The quantitative estimate of drug-likeness (QED) is 0.914. The number of nitrogens with zero attached hydrogens (tertiary/aromatic N) is 2. The molecule has 5 nitrogen and oxygen atoms in total. The van der Waals surface area contributed by atoms with Crippen molar-refractivity contribution in [2.75, 3.05) is 19.0 Å². The van der Waals surface area contributed by atoms with Gasteiger partial charge in [0.25, 0.3) is 0 Å². The number of aryl methyl sites for hydroxylation is 1. The van der Waals surface area contributed by atoms with E-state index >= 15 is 0 Å². The third-order valence-electron chi connectivity index (χ3n) is 3.53. The lowest BCUT2D eigenvalue weighted by atomic mass is 10.0. The predicted molar refractivity (Wildman–Crippen MR) is 80.4 cm³/mol. The summed E-state index contributed by atoms with van der Waals surface area (Å²) in [5.74, 6) is 1.80. The number of methoxy groups -OCH3 is 1. The van der Waals surface area contributed by atoms with E-state index in [4.69, 9.17) is 9.47 Å². The number of ether oxygens (including phenoxy) is 2. The van der Waals surface area contributed by atoms with Gasteiger partial charge in [-0.15, -0.1) is 0 Å². The Hall–Kier alpha value is -2.14. The molecule has 2 heterocycles. The van der Waals surface area contributed by atoms with Crippen molar-refractivity contribution in [3.05, 3.63) is 47.9 Å². The zero-order valence-corrected chi connectivity index (χ0v) is 12.1. The molecule has 1 aliphatic rings. The average molecular weight is 285 g/mol. The molecular weight excluding hydrogens is 266 g/mol. The summed E-state index contributed by atoms with van der Waals surface area (Å²) in [6, 6.07) is 10.1. The second kappa shape index (κ2) is 6.54. The van der Waals surface area contributed by atoms with Gasteiger partial charge in [-0.3, -0.25) is 0 Å². The number of aromatic nitrogens is 2. The van der Waals surface area contributed by atoms with Gasteiger partial charge < -0.3 is 14.8 Å². The molecule has 0 unspecified atom stereocenters. The van der Waals surface area contributed by atoms with Gasteiger partial charge in [-0.25, -0.2) is 9.97 Å². The lowest BCUT2D eigenvalue weighted by molar-refractivity contribution is 0.181. The molecule has 110 valence electrons. The fraction of sp³-hybridized carbons (Fsp3) is 0.375. The molecule has 3 rings (SSSR count). The van der Waals surface area contributed by atoms with Crippen LogP contribution in [0.25, 0.3) is 0 Å². The topological polar surface area (TPSA) is 56.3 Å². The zero-order valence-electron chi connectivity index (χ0n) is 12.1. The maximum absolute atomic E-state index is 6.00. The molecule has 1 aromatic heterocycles. The van der Waals surface area contributed by atoms with E-state index in [9.17, 15) is 0 Å². The molecule has 5 heteroatoms. The molecule has 1 aromatic carbocycles. The van der Waals surface area contributed by atoms with E-state index in [0.717, 1.165) is 36.6 Å². The van der Waals surface area contributed by atoms with Crippen LogP contribution in [0.2, 0.25) is 0 Å². The van der Waals surface area contributed by atoms with Crippen LogP contribution in [0.1, 0.15) is 17.7 Å². The van der Waals surface area contributed by atoms with Crippen molar-refractivity contribution in [3.63, 3.8) is 0 Å². The van der Waals surface area contributed by atoms with Crippen molar-refractivity contribution in [1.29, 1.82) is 0 Å². The molecule has 1 N–H and O–H groups in total. The molecule has 0 aliphatic carbocycles. The zero-order chi connectivity index (χ0) is 14.5. The van der Waals surface area contributed by atoms with Gasteiger partial charge in [0.1, 0.15) is 24.0 Å². The van der Waals surface area contributed by atoms with Crippen LogP contribution < -0.4 is 10.1 Å². The van der Waals surface area contributed by atoms with E-state index in [1.165, 1.54) is 5.56 Å². The highest BCUT2D eigenvalue weighted by Crippen LogP contribution is 2.27. The molecule has 0 radical (unpaired) electrons. The van der Waals surface area contributed by atoms with Crippen LogP contribution in [0.5, 0.6) is 5.75 Å². The number of hydrogen-bond acceptors (Lipinski definition) is 5. The summed E-state index contributed by atoms with van der Waals surface area (Å²) in [5, 5.41) is 3.31. The van der Waals surface area contributed by atoms with Crippen LogP contribution >= 0.6 is 0 Å². The lowest BCUT2D eigenvalue weighted by Gasteiger charge is -2.26. The summed E-state index contributed by atoms with van der Waals surface area (Å²) in [5.41, 5.74) is 2.16. The summed E-state index contributed by atoms with van der Waals surface area (Å²) < 4.78 is 11.1. The molecule has 0 amide bonds. The summed E-state index contributed by atoms with van der Waals surface area (Å²) in [6.45, 7) is 1.22. The fourth-order valence-electron chi connectivity index (χ4n) is 2.46. The highest BCUT2D eigenvalue weighted by Gasteiger charge is 2.19. The number of benzene rings is 1. The molecule has 0 bridgehead atoms. The van der Waals surface area contributed by atoms with Crippen molar-refractivity contribution in [3.8, 4) is 5.75 Å². The summed E-state index contributed by atoms with van der Waals surface area (Å²) >= 11 is 0. The molecule has 0 fully saturated rings. The maximum Gasteiger partial charge on any atom is 0.129 e. The fourth-order valence-corrected chi connectivity index (χ4v) is 2.46. The number of fused-ring (bicyclic) bond motifs is 1. The third-order valence-corrected chi connectivity index (χ3v) is 3.53. The van der Waals surface area contributed by atoms with Crippen LogP contribution in [-0.2, 0) is 17.8 Å². The van der Waals surface area contributed by atoms with Gasteiger partial charge in [-0.2, -0.15) is 0 Å².